The van der Waals surface area contributed by atoms with Gasteiger partial charge in [0.25, 0.3) is 0 Å². The predicted molar refractivity (Wildman–Crippen MR) is 77.5 cm³/mol. The van der Waals surface area contributed by atoms with Crippen LogP contribution in [0.4, 0.5) is 0 Å². The van der Waals surface area contributed by atoms with Crippen molar-refractivity contribution in [2.45, 2.75) is 66.7 Å². The first-order valence-electron chi connectivity index (χ1n) is 7.68. The van der Waals surface area contributed by atoms with Gasteiger partial charge in [0.05, 0.1) is 0 Å². The summed E-state index contributed by atoms with van der Waals surface area (Å²) in [6.45, 7) is 10.8. The molecule has 1 N–H and O–H groups in total. The second-order valence-electron chi connectivity index (χ2n) is 6.70. The Balaban J connectivity index is 3.03. The molecule has 1 heterocycles. The molecule has 0 aliphatic carbocycles. The van der Waals surface area contributed by atoms with E-state index in [1.54, 1.807) is 0 Å². The summed E-state index contributed by atoms with van der Waals surface area (Å²) in [5.74, 6) is 0.898. The van der Waals surface area contributed by atoms with Crippen LogP contribution in [-0.4, -0.2) is 11.8 Å². The number of hydrogen-bond donors (Lipinski definition) is 1. The quantitative estimate of drug-likeness (QED) is 0.748. The summed E-state index contributed by atoms with van der Waals surface area (Å²) >= 11 is 0. The fourth-order valence-corrected chi connectivity index (χ4v) is 3.39. The van der Waals surface area contributed by atoms with Gasteiger partial charge >= 0.3 is 0 Å². The molecule has 1 aliphatic rings. The zero-order chi connectivity index (χ0) is 14.6. The molecule has 3 nitrogen and oxygen atoms in total. The maximum absolute atomic E-state index is 12.3. The van der Waals surface area contributed by atoms with E-state index in [1.807, 2.05) is 0 Å². The third kappa shape index (κ3) is 3.80. The van der Waals surface area contributed by atoms with Crippen LogP contribution in [0, 0.1) is 23.2 Å². The molecule has 19 heavy (non-hydrogen) atoms. The van der Waals surface area contributed by atoms with Crippen LogP contribution in [0.1, 0.15) is 66.7 Å². The second-order valence-corrected chi connectivity index (χ2v) is 6.70. The maximum Gasteiger partial charge on any atom is 0.230 e. The fourth-order valence-electron chi connectivity index (χ4n) is 3.39. The molecule has 0 aromatic heterocycles. The van der Waals surface area contributed by atoms with E-state index in [4.69, 9.17) is 0 Å². The largest absolute Gasteiger partial charge is 0.296 e. The molecule has 0 bridgehead atoms. The molecule has 3 heteroatoms. The molecular formula is C16H29NO2. The highest BCUT2D eigenvalue weighted by Gasteiger charge is 2.47. The third-order valence-electron chi connectivity index (χ3n) is 4.69. The van der Waals surface area contributed by atoms with Crippen LogP contribution in [0.3, 0.4) is 0 Å². The smallest absolute Gasteiger partial charge is 0.230 e. The highest BCUT2D eigenvalue weighted by Crippen LogP contribution is 2.46. The lowest BCUT2D eigenvalue weighted by molar-refractivity contribution is -0.145. The summed E-state index contributed by atoms with van der Waals surface area (Å²) < 4.78 is 0. The van der Waals surface area contributed by atoms with Crippen LogP contribution < -0.4 is 5.32 Å². The number of carbonyl (C=O) groups is 2. The average Bonchev–Trinajstić information content (AvgIpc) is 2.33. The lowest BCUT2D eigenvalue weighted by atomic mass is 9.62. The van der Waals surface area contributed by atoms with Crippen molar-refractivity contribution >= 4 is 11.8 Å². The first-order chi connectivity index (χ1) is 8.84. The fraction of sp³-hybridized carbons (Fsp3) is 0.875. The molecule has 3 atom stereocenters. The van der Waals surface area contributed by atoms with Gasteiger partial charge in [-0.3, -0.25) is 14.9 Å². The van der Waals surface area contributed by atoms with E-state index in [-0.39, 0.29) is 23.1 Å². The van der Waals surface area contributed by atoms with Gasteiger partial charge in [0.15, 0.2) is 0 Å². The zero-order valence-corrected chi connectivity index (χ0v) is 13.1. The van der Waals surface area contributed by atoms with Crippen molar-refractivity contribution in [3.8, 4) is 0 Å². The lowest BCUT2D eigenvalue weighted by Crippen LogP contribution is -2.52. The van der Waals surface area contributed by atoms with Gasteiger partial charge < -0.3 is 0 Å². The van der Waals surface area contributed by atoms with Gasteiger partial charge in [-0.05, 0) is 36.5 Å². The Labute approximate surface area is 117 Å². The van der Waals surface area contributed by atoms with E-state index in [2.05, 4.69) is 39.9 Å². The molecule has 110 valence electrons. The highest BCUT2D eigenvalue weighted by molar-refractivity contribution is 5.99. The molecule has 0 aromatic carbocycles. The molecule has 0 aromatic rings. The minimum atomic E-state index is -0.126. The standard InChI is InChI=1S/C16H29NO2/c1-6-12(5)9-16(7-2)10-14(18)17-15(19)13(16)8-11(3)4/h11-13H,6-10H2,1-5H3,(H,17,18,19). The van der Waals surface area contributed by atoms with Gasteiger partial charge in [-0.2, -0.15) is 0 Å². The monoisotopic (exact) mass is 267 g/mol. The first-order valence-corrected chi connectivity index (χ1v) is 7.68. The lowest BCUT2D eigenvalue weighted by Gasteiger charge is -2.44. The van der Waals surface area contributed by atoms with Crippen molar-refractivity contribution in [3.05, 3.63) is 0 Å². The van der Waals surface area contributed by atoms with Crippen molar-refractivity contribution in [1.29, 1.82) is 0 Å². The van der Waals surface area contributed by atoms with E-state index >= 15 is 0 Å². The van der Waals surface area contributed by atoms with Crippen molar-refractivity contribution in [3.63, 3.8) is 0 Å². The van der Waals surface area contributed by atoms with Gasteiger partial charge in [0, 0.05) is 12.3 Å². The Kier molecular flexibility index (Phi) is 5.57. The normalized spacial score (nSPS) is 29.5. The number of hydrogen-bond acceptors (Lipinski definition) is 2. The van der Waals surface area contributed by atoms with Gasteiger partial charge in [0.1, 0.15) is 0 Å². The second kappa shape index (κ2) is 6.53. The molecule has 0 spiro atoms. The van der Waals surface area contributed by atoms with Crippen LogP contribution in [-0.2, 0) is 9.59 Å². The number of imide groups is 1. The number of nitrogens with one attached hydrogen (secondary N) is 1. The Bertz CT molecular complexity index is 338. The summed E-state index contributed by atoms with van der Waals surface area (Å²) in [5.41, 5.74) is -0.126. The molecule has 1 aliphatic heterocycles. The molecule has 2 amide bonds. The van der Waals surface area contributed by atoms with E-state index in [1.165, 1.54) is 0 Å². The summed E-state index contributed by atoms with van der Waals surface area (Å²) in [4.78, 5) is 24.1. The van der Waals surface area contributed by atoms with E-state index in [9.17, 15) is 9.59 Å². The van der Waals surface area contributed by atoms with E-state index in [0.29, 0.717) is 18.3 Å². The predicted octanol–water partition coefficient (Wildman–Crippen LogP) is 3.53. The Hall–Kier alpha value is -0.860. The van der Waals surface area contributed by atoms with Gasteiger partial charge in [-0.15, -0.1) is 0 Å². The Morgan fingerprint density at radius 2 is 1.89 bits per heavy atom. The summed E-state index contributed by atoms with van der Waals surface area (Å²) in [7, 11) is 0. The minimum absolute atomic E-state index is 0.0100. The van der Waals surface area contributed by atoms with Crippen LogP contribution in [0.2, 0.25) is 0 Å². The van der Waals surface area contributed by atoms with Crippen molar-refractivity contribution in [1.82, 2.24) is 5.32 Å². The van der Waals surface area contributed by atoms with Gasteiger partial charge in [0.2, 0.25) is 11.8 Å². The zero-order valence-electron chi connectivity index (χ0n) is 13.1. The number of amides is 2. The third-order valence-corrected chi connectivity index (χ3v) is 4.69. The van der Waals surface area contributed by atoms with Crippen LogP contribution in [0.15, 0.2) is 0 Å². The minimum Gasteiger partial charge on any atom is -0.296 e. The summed E-state index contributed by atoms with van der Waals surface area (Å²) in [6.07, 6.45) is 4.39. The molecule has 1 rings (SSSR count). The molecule has 1 saturated heterocycles. The summed E-state index contributed by atoms with van der Waals surface area (Å²) in [6, 6.07) is 0. The van der Waals surface area contributed by atoms with Gasteiger partial charge in [-0.1, -0.05) is 41.0 Å². The molecule has 3 unspecified atom stereocenters. The van der Waals surface area contributed by atoms with Crippen molar-refractivity contribution in [2.75, 3.05) is 0 Å². The van der Waals surface area contributed by atoms with Gasteiger partial charge in [-0.25, -0.2) is 0 Å². The maximum atomic E-state index is 12.3. The topological polar surface area (TPSA) is 46.2 Å². The molecule has 0 radical (unpaired) electrons. The van der Waals surface area contributed by atoms with Crippen molar-refractivity contribution < 1.29 is 9.59 Å². The molecule has 1 fully saturated rings. The average molecular weight is 267 g/mol. The van der Waals surface area contributed by atoms with Crippen molar-refractivity contribution in [2.24, 2.45) is 23.2 Å². The molecule has 0 saturated carbocycles. The van der Waals surface area contributed by atoms with E-state index < -0.39 is 0 Å². The highest BCUT2D eigenvalue weighted by atomic mass is 16.2. The number of piperidine rings is 1. The Morgan fingerprint density at radius 3 is 2.37 bits per heavy atom. The van der Waals surface area contributed by atoms with Crippen LogP contribution >= 0.6 is 0 Å². The number of carbonyl (C=O) groups excluding carboxylic acids is 2. The SMILES string of the molecule is CCC(C)CC1(CC)CC(=O)NC(=O)C1CC(C)C. The molecular weight excluding hydrogens is 238 g/mol. The number of rotatable bonds is 6. The van der Waals surface area contributed by atoms with Crippen LogP contribution in [0.25, 0.3) is 0 Å². The van der Waals surface area contributed by atoms with E-state index in [0.717, 1.165) is 25.7 Å². The van der Waals surface area contributed by atoms with Crippen LogP contribution in [0.5, 0.6) is 0 Å². The first kappa shape index (κ1) is 16.2. The Morgan fingerprint density at radius 1 is 1.26 bits per heavy atom. The summed E-state index contributed by atoms with van der Waals surface area (Å²) in [5, 5.41) is 2.54.